The number of anilines is 1. The van der Waals surface area contributed by atoms with E-state index in [1.54, 1.807) is 34.3 Å². The van der Waals surface area contributed by atoms with E-state index >= 15 is 0 Å². The third-order valence-electron chi connectivity index (χ3n) is 4.05. The van der Waals surface area contributed by atoms with Gasteiger partial charge in [0.25, 0.3) is 5.91 Å². The summed E-state index contributed by atoms with van der Waals surface area (Å²) < 4.78 is 1.79. The summed E-state index contributed by atoms with van der Waals surface area (Å²) in [5.41, 5.74) is 2.55. The van der Waals surface area contributed by atoms with Crippen LogP contribution in [-0.2, 0) is 6.54 Å². The number of pyridine rings is 1. The lowest BCUT2D eigenvalue weighted by Gasteiger charge is -2.09. The number of hydrogen-bond acceptors (Lipinski definition) is 4. The highest BCUT2D eigenvalue weighted by molar-refractivity contribution is 7.13. The molecule has 0 aliphatic rings. The second kappa shape index (κ2) is 6.90. The first-order valence-corrected chi connectivity index (χ1v) is 9.39. The van der Waals surface area contributed by atoms with Crippen molar-refractivity contribution < 1.29 is 4.79 Å². The van der Waals surface area contributed by atoms with Crippen molar-refractivity contribution in [3.8, 4) is 10.6 Å². The molecule has 5 nitrogen and oxygen atoms in total. The number of fused-ring (bicyclic) bond motifs is 1. The first-order valence-electron chi connectivity index (χ1n) is 8.13. The van der Waals surface area contributed by atoms with Crippen molar-refractivity contribution in [1.29, 1.82) is 0 Å². The minimum Gasteiger partial charge on any atom is -0.321 e. The molecule has 26 heavy (non-hydrogen) atoms. The number of hydrogen-bond donors (Lipinski definition) is 1. The minimum absolute atomic E-state index is 0.237. The van der Waals surface area contributed by atoms with Crippen LogP contribution < -0.4 is 5.32 Å². The lowest BCUT2D eigenvalue weighted by Crippen LogP contribution is -2.13. The maximum atomic E-state index is 13.0. The van der Waals surface area contributed by atoms with Crippen molar-refractivity contribution in [2.75, 3.05) is 5.32 Å². The molecule has 1 N–H and O–H groups in total. The number of carbonyl (C=O) groups is 1. The summed E-state index contributed by atoms with van der Waals surface area (Å²) in [6.45, 7) is 2.67. The molecule has 4 rings (SSSR count). The van der Waals surface area contributed by atoms with Gasteiger partial charge in [0.1, 0.15) is 0 Å². The lowest BCUT2D eigenvalue weighted by molar-refractivity contribution is 0.102. The maximum Gasteiger partial charge on any atom is 0.256 e. The van der Waals surface area contributed by atoms with Gasteiger partial charge in [-0.15, -0.1) is 11.3 Å². The Bertz CT molecular complexity index is 1090. The molecule has 130 valence electrons. The van der Waals surface area contributed by atoms with Gasteiger partial charge in [-0.05, 0) is 36.6 Å². The van der Waals surface area contributed by atoms with Crippen LogP contribution in [0.15, 0.2) is 54.0 Å². The molecule has 0 saturated carbocycles. The molecule has 0 saturated heterocycles. The molecule has 3 heterocycles. The number of nitrogens with one attached hydrogen (secondary N) is 1. The molecule has 0 aliphatic heterocycles. The monoisotopic (exact) mass is 382 g/mol. The zero-order valence-electron chi connectivity index (χ0n) is 13.9. The number of amides is 1. The van der Waals surface area contributed by atoms with Crippen molar-refractivity contribution in [3.05, 3.63) is 64.6 Å². The van der Waals surface area contributed by atoms with Gasteiger partial charge in [0, 0.05) is 6.54 Å². The van der Waals surface area contributed by atoms with Gasteiger partial charge in [0.05, 0.1) is 38.4 Å². The number of benzene rings is 1. The van der Waals surface area contributed by atoms with Crippen LogP contribution in [0.25, 0.3) is 21.6 Å². The fourth-order valence-electron chi connectivity index (χ4n) is 2.77. The molecule has 0 bridgehead atoms. The van der Waals surface area contributed by atoms with E-state index in [9.17, 15) is 4.79 Å². The van der Waals surface area contributed by atoms with E-state index in [-0.39, 0.29) is 5.91 Å². The van der Waals surface area contributed by atoms with Gasteiger partial charge in [-0.1, -0.05) is 29.8 Å². The van der Waals surface area contributed by atoms with Gasteiger partial charge in [0.2, 0.25) is 0 Å². The quantitative estimate of drug-likeness (QED) is 0.535. The predicted octanol–water partition coefficient (Wildman–Crippen LogP) is 5.09. The van der Waals surface area contributed by atoms with Crippen LogP contribution in [0.2, 0.25) is 5.02 Å². The smallest absolute Gasteiger partial charge is 0.256 e. The van der Waals surface area contributed by atoms with Gasteiger partial charge in [0.15, 0.2) is 5.65 Å². The Kier molecular flexibility index (Phi) is 4.44. The van der Waals surface area contributed by atoms with Crippen LogP contribution in [0.4, 0.5) is 5.69 Å². The van der Waals surface area contributed by atoms with E-state index in [2.05, 4.69) is 10.4 Å². The van der Waals surface area contributed by atoms with Crippen molar-refractivity contribution in [1.82, 2.24) is 14.8 Å². The van der Waals surface area contributed by atoms with Crippen LogP contribution in [0.5, 0.6) is 0 Å². The molecule has 1 aromatic carbocycles. The van der Waals surface area contributed by atoms with Gasteiger partial charge >= 0.3 is 0 Å². The Morgan fingerprint density at radius 2 is 2.12 bits per heavy atom. The molecule has 1 amide bonds. The Morgan fingerprint density at radius 3 is 2.85 bits per heavy atom. The van der Waals surface area contributed by atoms with Crippen LogP contribution in [0, 0.1) is 0 Å². The third kappa shape index (κ3) is 2.98. The summed E-state index contributed by atoms with van der Waals surface area (Å²) in [6, 6.07) is 12.9. The number of para-hydroxylation sites is 1. The number of rotatable bonds is 4. The van der Waals surface area contributed by atoms with Crippen LogP contribution >= 0.6 is 22.9 Å². The average Bonchev–Trinajstić information content (AvgIpc) is 3.32. The summed E-state index contributed by atoms with van der Waals surface area (Å²) in [6.07, 6.45) is 1.69. The van der Waals surface area contributed by atoms with E-state index < -0.39 is 0 Å². The largest absolute Gasteiger partial charge is 0.321 e. The van der Waals surface area contributed by atoms with Crippen molar-refractivity contribution >= 4 is 45.6 Å². The number of nitrogens with zero attached hydrogens (tertiary/aromatic N) is 3. The average molecular weight is 383 g/mol. The lowest BCUT2D eigenvalue weighted by atomic mass is 10.1. The van der Waals surface area contributed by atoms with Crippen molar-refractivity contribution in [2.24, 2.45) is 0 Å². The fourth-order valence-corrected chi connectivity index (χ4v) is 3.64. The highest BCUT2D eigenvalue weighted by Gasteiger charge is 2.18. The van der Waals surface area contributed by atoms with Crippen molar-refractivity contribution in [2.45, 2.75) is 13.5 Å². The summed E-state index contributed by atoms with van der Waals surface area (Å²) >= 11 is 7.75. The number of halogens is 1. The second-order valence-corrected chi connectivity index (χ2v) is 7.02. The molecular weight excluding hydrogens is 368 g/mol. The first-order chi connectivity index (χ1) is 12.7. The molecule has 0 spiro atoms. The molecule has 7 heteroatoms. The van der Waals surface area contributed by atoms with Gasteiger partial charge in [-0.25, -0.2) is 9.67 Å². The molecular formula is C19H15ClN4OS. The standard InChI is InChI=1S/C19H15ClN4OS/c1-2-24-18-13(11-21-24)12(10-16(22-18)17-8-5-9-26-17)19(25)23-15-7-4-3-6-14(15)20/h3-11H,2H2,1H3,(H,23,25). The molecule has 0 radical (unpaired) electrons. The number of aromatic nitrogens is 3. The second-order valence-electron chi connectivity index (χ2n) is 5.66. The Labute approximate surface area is 159 Å². The molecule has 4 aromatic rings. The molecule has 0 unspecified atom stereocenters. The number of carbonyl (C=O) groups excluding carboxylic acids is 1. The molecule has 0 aliphatic carbocycles. The van der Waals surface area contributed by atoms with Crippen LogP contribution in [0.3, 0.4) is 0 Å². The van der Waals surface area contributed by atoms with E-state index in [1.807, 2.05) is 42.6 Å². The van der Waals surface area contributed by atoms with Gasteiger partial charge in [-0.3, -0.25) is 4.79 Å². The highest BCUT2D eigenvalue weighted by Crippen LogP contribution is 2.29. The summed E-state index contributed by atoms with van der Waals surface area (Å²) in [5, 5.41) is 10.4. The maximum absolute atomic E-state index is 13.0. The summed E-state index contributed by atoms with van der Waals surface area (Å²) in [4.78, 5) is 18.7. The Morgan fingerprint density at radius 1 is 1.27 bits per heavy atom. The van der Waals surface area contributed by atoms with E-state index in [0.717, 1.165) is 16.0 Å². The minimum atomic E-state index is -0.237. The number of thiophene rings is 1. The highest BCUT2D eigenvalue weighted by atomic mass is 35.5. The van der Waals surface area contributed by atoms with Crippen molar-refractivity contribution in [3.63, 3.8) is 0 Å². The van der Waals surface area contributed by atoms with E-state index in [4.69, 9.17) is 16.6 Å². The fraction of sp³-hybridized carbons (Fsp3) is 0.105. The van der Waals surface area contributed by atoms with E-state index in [0.29, 0.717) is 28.5 Å². The first kappa shape index (κ1) is 16.8. The zero-order chi connectivity index (χ0) is 18.1. The Hall–Kier alpha value is -2.70. The normalized spacial score (nSPS) is 11.0. The third-order valence-corrected chi connectivity index (χ3v) is 5.27. The summed E-state index contributed by atoms with van der Waals surface area (Å²) in [5.74, 6) is -0.237. The van der Waals surface area contributed by atoms with Gasteiger partial charge in [-0.2, -0.15) is 5.10 Å². The summed E-state index contributed by atoms with van der Waals surface area (Å²) in [7, 11) is 0. The molecule has 0 fully saturated rings. The van der Waals surface area contributed by atoms with E-state index in [1.165, 1.54) is 0 Å². The SMILES string of the molecule is CCn1ncc2c(C(=O)Nc3ccccc3Cl)cc(-c3cccs3)nc21. The Balaban J connectivity index is 1.84. The number of aryl methyl sites for hydroxylation is 1. The van der Waals surface area contributed by atoms with Crippen LogP contribution in [-0.4, -0.2) is 20.7 Å². The van der Waals surface area contributed by atoms with Gasteiger partial charge < -0.3 is 5.32 Å². The topological polar surface area (TPSA) is 59.8 Å². The predicted molar refractivity (Wildman–Crippen MR) is 106 cm³/mol. The molecule has 0 atom stereocenters. The zero-order valence-corrected chi connectivity index (χ0v) is 15.5. The van der Waals surface area contributed by atoms with Crippen LogP contribution in [0.1, 0.15) is 17.3 Å². The molecule has 3 aromatic heterocycles.